The molecule has 27 heavy (non-hydrogen) atoms. The van der Waals surface area contributed by atoms with Crippen LogP contribution in [0.1, 0.15) is 23.7 Å². The number of carbonyl (C=O) groups excluding carboxylic acids is 1. The Morgan fingerprint density at radius 1 is 1.33 bits per heavy atom. The maximum atomic E-state index is 13.9. The van der Waals surface area contributed by atoms with E-state index in [2.05, 4.69) is 20.5 Å². The number of hydrogen-bond acceptors (Lipinski definition) is 6. The molecule has 2 aliphatic rings. The second-order valence-corrected chi connectivity index (χ2v) is 7.34. The van der Waals surface area contributed by atoms with Gasteiger partial charge in [-0.05, 0) is 6.07 Å². The van der Waals surface area contributed by atoms with Gasteiger partial charge in [0.25, 0.3) is 0 Å². The summed E-state index contributed by atoms with van der Waals surface area (Å²) in [5.41, 5.74) is 1.58. The zero-order valence-electron chi connectivity index (χ0n) is 14.7. The minimum atomic E-state index is -0.410. The average molecular weight is 392 g/mol. The minimum Gasteiger partial charge on any atom is -0.490 e. The van der Waals surface area contributed by atoms with E-state index in [1.807, 2.05) is 5.38 Å². The molecule has 144 valence electrons. The first-order valence-corrected chi connectivity index (χ1v) is 9.80. The molecule has 1 aromatic carbocycles. The third-order valence-corrected chi connectivity index (χ3v) is 5.40. The number of nitrogens with zero attached hydrogens (tertiary/aromatic N) is 2. The molecule has 3 heterocycles. The van der Waals surface area contributed by atoms with Crippen molar-refractivity contribution in [3.63, 3.8) is 0 Å². The average Bonchev–Trinajstić information content (AvgIpc) is 3.10. The first kappa shape index (κ1) is 18.1. The van der Waals surface area contributed by atoms with E-state index in [1.54, 1.807) is 12.1 Å². The lowest BCUT2D eigenvalue weighted by Crippen LogP contribution is -2.36. The topological polar surface area (TPSA) is 75.7 Å². The lowest BCUT2D eigenvalue weighted by Gasteiger charge is -2.26. The molecule has 4 rings (SSSR count). The summed E-state index contributed by atoms with van der Waals surface area (Å²) in [6.45, 7) is 4.37. The largest absolute Gasteiger partial charge is 0.490 e. The molecule has 0 unspecified atom stereocenters. The number of rotatable bonds is 4. The molecule has 2 aromatic rings. The molecule has 0 spiro atoms. The van der Waals surface area contributed by atoms with Crippen LogP contribution in [-0.4, -0.2) is 48.8 Å². The molecule has 2 N–H and O–H groups in total. The summed E-state index contributed by atoms with van der Waals surface area (Å²) in [5.74, 6) is -0.191. The highest BCUT2D eigenvalue weighted by molar-refractivity contribution is 7.13. The van der Waals surface area contributed by atoms with Crippen molar-refractivity contribution < 1.29 is 18.7 Å². The van der Waals surface area contributed by atoms with Crippen LogP contribution >= 0.6 is 11.3 Å². The normalized spacial score (nSPS) is 19.8. The van der Waals surface area contributed by atoms with Crippen LogP contribution in [0.15, 0.2) is 23.6 Å². The van der Waals surface area contributed by atoms with E-state index in [1.165, 1.54) is 17.4 Å². The fourth-order valence-corrected chi connectivity index (χ4v) is 3.95. The summed E-state index contributed by atoms with van der Waals surface area (Å²) in [7, 11) is 0. The van der Waals surface area contributed by atoms with Gasteiger partial charge in [-0.25, -0.2) is 14.2 Å². The third kappa shape index (κ3) is 4.37. The fraction of sp³-hybridized carbons (Fsp3) is 0.444. The summed E-state index contributed by atoms with van der Waals surface area (Å²) in [4.78, 5) is 19.1. The van der Waals surface area contributed by atoms with Gasteiger partial charge in [0.15, 0.2) is 16.7 Å². The van der Waals surface area contributed by atoms with Gasteiger partial charge in [0.2, 0.25) is 0 Å². The molecule has 2 aliphatic heterocycles. The van der Waals surface area contributed by atoms with E-state index in [0.717, 1.165) is 38.5 Å². The highest BCUT2D eigenvalue weighted by atomic mass is 32.1. The molecule has 0 saturated carbocycles. The molecule has 0 bridgehead atoms. The summed E-state index contributed by atoms with van der Waals surface area (Å²) >= 11 is 1.39. The standard InChI is InChI=1S/C18H21FN4O3S/c19-14-3-1-2-13-15(4-7-26-16(13)14)21-17(24)22-18-20-12(11-27-18)10-23-5-8-25-9-6-23/h1-3,11,15H,4-10H2,(H2,20,21,22,24)/t15-/m0/s1. The number of anilines is 1. The van der Waals surface area contributed by atoms with Crippen LogP contribution in [0.4, 0.5) is 14.3 Å². The van der Waals surface area contributed by atoms with E-state index >= 15 is 0 Å². The maximum Gasteiger partial charge on any atom is 0.321 e. The first-order chi connectivity index (χ1) is 13.2. The summed E-state index contributed by atoms with van der Waals surface area (Å²) in [6, 6.07) is 4.09. The van der Waals surface area contributed by atoms with Crippen molar-refractivity contribution in [2.75, 3.05) is 38.2 Å². The molecule has 2 amide bonds. The van der Waals surface area contributed by atoms with E-state index in [4.69, 9.17) is 9.47 Å². The van der Waals surface area contributed by atoms with Crippen LogP contribution < -0.4 is 15.4 Å². The number of fused-ring (bicyclic) bond motifs is 1. The Labute approximate surface area is 160 Å². The van der Waals surface area contributed by atoms with Gasteiger partial charge in [0.05, 0.1) is 31.6 Å². The summed E-state index contributed by atoms with van der Waals surface area (Å²) in [5, 5.41) is 8.15. The van der Waals surface area contributed by atoms with E-state index in [0.29, 0.717) is 23.7 Å². The SMILES string of the molecule is O=C(Nc1nc(CN2CCOCC2)cs1)N[C@H]1CCOc2c(F)cccc21. The monoisotopic (exact) mass is 392 g/mol. The Morgan fingerprint density at radius 2 is 2.19 bits per heavy atom. The predicted molar refractivity (Wildman–Crippen MR) is 99.6 cm³/mol. The van der Waals surface area contributed by atoms with Gasteiger partial charge >= 0.3 is 6.03 Å². The van der Waals surface area contributed by atoms with Crippen LogP contribution in [0.25, 0.3) is 0 Å². The molecule has 9 heteroatoms. The number of ether oxygens (including phenoxy) is 2. The molecule has 1 aromatic heterocycles. The lowest BCUT2D eigenvalue weighted by atomic mass is 10.0. The smallest absolute Gasteiger partial charge is 0.321 e. The lowest BCUT2D eigenvalue weighted by molar-refractivity contribution is 0.0337. The number of halogens is 1. The van der Waals surface area contributed by atoms with Crippen LogP contribution in [-0.2, 0) is 11.3 Å². The number of urea groups is 1. The second-order valence-electron chi connectivity index (χ2n) is 6.48. The van der Waals surface area contributed by atoms with Gasteiger partial charge in [-0.2, -0.15) is 0 Å². The van der Waals surface area contributed by atoms with Crippen molar-refractivity contribution in [3.8, 4) is 5.75 Å². The molecule has 0 radical (unpaired) electrons. The van der Waals surface area contributed by atoms with E-state index in [-0.39, 0.29) is 17.8 Å². The first-order valence-electron chi connectivity index (χ1n) is 8.92. The number of benzene rings is 1. The molecular weight excluding hydrogens is 371 g/mol. The number of para-hydroxylation sites is 1. The molecular formula is C18H21FN4O3S. The van der Waals surface area contributed by atoms with E-state index < -0.39 is 5.82 Å². The van der Waals surface area contributed by atoms with Crippen molar-refractivity contribution in [1.29, 1.82) is 0 Å². The Bertz CT molecular complexity index is 810. The number of morpholine rings is 1. The quantitative estimate of drug-likeness (QED) is 0.837. The molecule has 7 nitrogen and oxygen atoms in total. The highest BCUT2D eigenvalue weighted by Crippen LogP contribution is 2.34. The van der Waals surface area contributed by atoms with Crippen molar-refractivity contribution in [1.82, 2.24) is 15.2 Å². The van der Waals surface area contributed by atoms with Crippen LogP contribution in [0, 0.1) is 5.82 Å². The molecule has 1 saturated heterocycles. The summed E-state index contributed by atoms with van der Waals surface area (Å²) in [6.07, 6.45) is 0.587. The molecule has 1 atom stereocenters. The van der Waals surface area contributed by atoms with Gasteiger partial charge in [0.1, 0.15) is 0 Å². The zero-order chi connectivity index (χ0) is 18.6. The number of nitrogens with one attached hydrogen (secondary N) is 2. The van der Waals surface area contributed by atoms with Crippen molar-refractivity contribution in [2.45, 2.75) is 19.0 Å². The fourth-order valence-electron chi connectivity index (χ4n) is 3.25. The van der Waals surface area contributed by atoms with Crippen LogP contribution in [0.3, 0.4) is 0 Å². The Hall–Kier alpha value is -2.23. The predicted octanol–water partition coefficient (Wildman–Crippen LogP) is 2.76. The Balaban J connectivity index is 1.34. The number of thiazole rings is 1. The second kappa shape index (κ2) is 8.20. The van der Waals surface area contributed by atoms with Crippen molar-refractivity contribution in [3.05, 3.63) is 40.7 Å². The van der Waals surface area contributed by atoms with Crippen molar-refractivity contribution >= 4 is 22.5 Å². The van der Waals surface area contributed by atoms with Gasteiger partial charge in [-0.1, -0.05) is 12.1 Å². The van der Waals surface area contributed by atoms with Gasteiger partial charge in [-0.15, -0.1) is 11.3 Å². The van der Waals surface area contributed by atoms with E-state index in [9.17, 15) is 9.18 Å². The number of aromatic nitrogens is 1. The highest BCUT2D eigenvalue weighted by Gasteiger charge is 2.25. The van der Waals surface area contributed by atoms with Crippen LogP contribution in [0.5, 0.6) is 5.75 Å². The third-order valence-electron chi connectivity index (χ3n) is 4.59. The number of hydrogen-bond donors (Lipinski definition) is 2. The summed E-state index contributed by atoms with van der Waals surface area (Å²) < 4.78 is 24.6. The number of carbonyl (C=O) groups is 1. The minimum absolute atomic E-state index is 0.219. The van der Waals surface area contributed by atoms with Gasteiger partial charge in [0, 0.05) is 37.0 Å². The Kier molecular flexibility index (Phi) is 5.51. The molecule has 1 fully saturated rings. The van der Waals surface area contributed by atoms with Crippen molar-refractivity contribution in [2.24, 2.45) is 0 Å². The van der Waals surface area contributed by atoms with Crippen LogP contribution in [0.2, 0.25) is 0 Å². The zero-order valence-corrected chi connectivity index (χ0v) is 15.6. The Morgan fingerprint density at radius 3 is 3.04 bits per heavy atom. The maximum absolute atomic E-state index is 13.9. The van der Waals surface area contributed by atoms with Gasteiger partial charge < -0.3 is 14.8 Å². The number of amides is 2. The van der Waals surface area contributed by atoms with Gasteiger partial charge in [-0.3, -0.25) is 10.2 Å². The molecule has 0 aliphatic carbocycles.